The highest BCUT2D eigenvalue weighted by molar-refractivity contribution is 7.07. The topological polar surface area (TPSA) is 131 Å². The van der Waals surface area contributed by atoms with E-state index < -0.39 is 31.2 Å². The summed E-state index contributed by atoms with van der Waals surface area (Å²) in [7, 11) is 0. The van der Waals surface area contributed by atoms with Crippen LogP contribution in [0.4, 0.5) is 17.6 Å². The lowest BCUT2D eigenvalue weighted by molar-refractivity contribution is -0.123. The van der Waals surface area contributed by atoms with E-state index in [4.69, 9.17) is 0 Å². The standard InChI is InChI=1S/C22H24F4N6O4S/c23-9-3-1-2-4-16-18(20(35)27-10-11-31-17(33)12-37-21(31)36)29-30-32(16)15-7-5-14(6-8-15)19(34)28-13-22(24,25)26/h5-8,12,33H,1-4,9-11,13H2,(H,27,35)(H,28,34). The van der Waals surface area contributed by atoms with E-state index in [1.165, 1.54) is 34.3 Å². The minimum Gasteiger partial charge on any atom is -0.494 e. The van der Waals surface area contributed by atoms with Crippen molar-refractivity contribution >= 4 is 23.2 Å². The maximum atomic E-state index is 12.8. The molecule has 3 rings (SSSR count). The van der Waals surface area contributed by atoms with Crippen molar-refractivity contribution in [2.45, 2.75) is 38.4 Å². The van der Waals surface area contributed by atoms with Gasteiger partial charge in [0.2, 0.25) is 5.88 Å². The third kappa shape index (κ3) is 7.62. The Balaban J connectivity index is 1.75. The number of amides is 2. The van der Waals surface area contributed by atoms with Crippen LogP contribution in [0.15, 0.2) is 34.4 Å². The van der Waals surface area contributed by atoms with E-state index >= 15 is 0 Å². The van der Waals surface area contributed by atoms with Gasteiger partial charge in [0, 0.05) is 18.7 Å². The molecule has 0 radical (unpaired) electrons. The average Bonchev–Trinajstić information content (AvgIpc) is 3.43. The van der Waals surface area contributed by atoms with E-state index in [-0.39, 0.29) is 35.1 Å². The molecule has 200 valence electrons. The Labute approximate surface area is 211 Å². The predicted octanol–water partition coefficient (Wildman–Crippen LogP) is 2.60. The molecule has 10 nitrogen and oxygen atoms in total. The maximum Gasteiger partial charge on any atom is 0.405 e. The Hall–Kier alpha value is -3.75. The number of nitrogens with zero attached hydrogens (tertiary/aromatic N) is 4. The summed E-state index contributed by atoms with van der Waals surface area (Å²) in [6.45, 7) is -1.87. The van der Waals surface area contributed by atoms with Gasteiger partial charge in [-0.15, -0.1) is 5.10 Å². The Bertz CT molecular complexity index is 1270. The number of unbranched alkanes of at least 4 members (excludes halogenated alkanes) is 2. The molecule has 0 bridgehead atoms. The van der Waals surface area contributed by atoms with Crippen LogP contribution in [0, 0.1) is 0 Å². The number of benzene rings is 1. The van der Waals surface area contributed by atoms with Gasteiger partial charge in [-0.3, -0.25) is 23.3 Å². The molecule has 0 spiro atoms. The lowest BCUT2D eigenvalue weighted by Gasteiger charge is -2.11. The molecule has 3 N–H and O–H groups in total. The minimum atomic E-state index is -4.54. The van der Waals surface area contributed by atoms with Crippen molar-refractivity contribution in [2.75, 3.05) is 19.8 Å². The Kier molecular flexibility index (Phi) is 9.38. The molecule has 37 heavy (non-hydrogen) atoms. The van der Waals surface area contributed by atoms with E-state index in [9.17, 15) is 37.1 Å². The van der Waals surface area contributed by atoms with Crippen molar-refractivity contribution in [1.29, 1.82) is 0 Å². The van der Waals surface area contributed by atoms with Crippen LogP contribution in [-0.2, 0) is 13.0 Å². The lowest BCUT2D eigenvalue weighted by Crippen LogP contribution is -2.33. The van der Waals surface area contributed by atoms with E-state index in [1.807, 2.05) is 0 Å². The summed E-state index contributed by atoms with van der Waals surface area (Å²) in [6, 6.07) is 5.55. The summed E-state index contributed by atoms with van der Waals surface area (Å²) in [6.07, 6.45) is -2.77. The zero-order valence-corrected chi connectivity index (χ0v) is 20.2. The van der Waals surface area contributed by atoms with Crippen molar-refractivity contribution in [3.05, 3.63) is 56.3 Å². The maximum absolute atomic E-state index is 12.8. The molecule has 1 aromatic carbocycles. The molecule has 2 amide bonds. The molecule has 0 aliphatic carbocycles. The fourth-order valence-corrected chi connectivity index (χ4v) is 4.05. The van der Waals surface area contributed by atoms with E-state index in [0.717, 1.165) is 15.9 Å². The average molecular weight is 545 g/mol. The highest BCUT2D eigenvalue weighted by Crippen LogP contribution is 2.18. The fourth-order valence-electron chi connectivity index (χ4n) is 3.40. The van der Waals surface area contributed by atoms with Gasteiger partial charge in [0.1, 0.15) is 6.54 Å². The number of rotatable bonds is 12. The van der Waals surface area contributed by atoms with Crippen molar-refractivity contribution < 1.29 is 32.3 Å². The number of carbonyl (C=O) groups excluding carboxylic acids is 2. The normalized spacial score (nSPS) is 11.5. The number of halogens is 4. The number of aromatic hydroxyl groups is 1. The van der Waals surface area contributed by atoms with Crippen LogP contribution in [0.5, 0.6) is 5.88 Å². The smallest absolute Gasteiger partial charge is 0.405 e. The Morgan fingerprint density at radius 3 is 2.41 bits per heavy atom. The van der Waals surface area contributed by atoms with Crippen molar-refractivity contribution in [2.24, 2.45) is 0 Å². The third-order valence-corrected chi connectivity index (χ3v) is 5.98. The molecule has 0 unspecified atom stereocenters. The second kappa shape index (κ2) is 12.5. The molecule has 0 atom stereocenters. The second-order valence-corrected chi connectivity index (χ2v) is 8.73. The van der Waals surface area contributed by atoms with Gasteiger partial charge in [0.15, 0.2) is 5.69 Å². The van der Waals surface area contributed by atoms with Gasteiger partial charge in [-0.1, -0.05) is 23.0 Å². The Morgan fingerprint density at radius 1 is 1.05 bits per heavy atom. The first-order valence-corrected chi connectivity index (χ1v) is 12.1. The summed E-state index contributed by atoms with van der Waals surface area (Å²) in [5, 5.41) is 23.4. The van der Waals surface area contributed by atoms with Crippen LogP contribution in [0.1, 0.15) is 45.8 Å². The lowest BCUT2D eigenvalue weighted by atomic mass is 10.1. The number of carbonyl (C=O) groups is 2. The number of aromatic nitrogens is 4. The quantitative estimate of drug-likeness (QED) is 0.237. The van der Waals surface area contributed by atoms with Crippen LogP contribution >= 0.6 is 11.3 Å². The first-order valence-electron chi connectivity index (χ1n) is 11.2. The minimum absolute atomic E-state index is 0.00232. The molecule has 0 aliphatic rings. The van der Waals surface area contributed by atoms with Crippen LogP contribution in [0.3, 0.4) is 0 Å². The van der Waals surface area contributed by atoms with Gasteiger partial charge in [-0.05, 0) is 43.5 Å². The molecule has 0 saturated carbocycles. The molecular weight excluding hydrogens is 520 g/mol. The monoisotopic (exact) mass is 544 g/mol. The molecule has 0 aliphatic heterocycles. The highest BCUT2D eigenvalue weighted by Gasteiger charge is 2.28. The largest absolute Gasteiger partial charge is 0.494 e. The summed E-state index contributed by atoms with van der Waals surface area (Å²) < 4.78 is 52.0. The zero-order chi connectivity index (χ0) is 27.0. The van der Waals surface area contributed by atoms with E-state index in [2.05, 4.69) is 15.6 Å². The van der Waals surface area contributed by atoms with E-state index in [0.29, 0.717) is 37.1 Å². The third-order valence-electron chi connectivity index (χ3n) is 5.23. The molecular formula is C22H24F4N6O4S. The zero-order valence-electron chi connectivity index (χ0n) is 19.4. The van der Waals surface area contributed by atoms with Gasteiger partial charge in [-0.25, -0.2) is 4.68 Å². The highest BCUT2D eigenvalue weighted by atomic mass is 32.1. The Morgan fingerprint density at radius 2 is 1.78 bits per heavy atom. The van der Waals surface area contributed by atoms with Crippen molar-refractivity contribution in [1.82, 2.24) is 30.2 Å². The number of hydrogen-bond acceptors (Lipinski definition) is 7. The van der Waals surface area contributed by atoms with Crippen LogP contribution in [0.2, 0.25) is 0 Å². The van der Waals surface area contributed by atoms with Gasteiger partial charge in [-0.2, -0.15) is 13.2 Å². The molecule has 2 aromatic heterocycles. The predicted molar refractivity (Wildman–Crippen MR) is 126 cm³/mol. The summed E-state index contributed by atoms with van der Waals surface area (Å²) in [5.74, 6) is -1.68. The molecule has 3 aromatic rings. The van der Waals surface area contributed by atoms with Crippen molar-refractivity contribution in [3.8, 4) is 11.6 Å². The van der Waals surface area contributed by atoms with E-state index in [1.54, 1.807) is 5.32 Å². The van der Waals surface area contributed by atoms with Crippen LogP contribution in [-0.4, -0.2) is 62.4 Å². The summed E-state index contributed by atoms with van der Waals surface area (Å²) >= 11 is 0.826. The number of thiazole rings is 1. The number of hydrogen-bond donors (Lipinski definition) is 3. The molecule has 0 fully saturated rings. The van der Waals surface area contributed by atoms with Gasteiger partial charge in [0.25, 0.3) is 11.8 Å². The first kappa shape index (κ1) is 27.8. The summed E-state index contributed by atoms with van der Waals surface area (Å²) in [5.41, 5.74) is 0.840. The van der Waals surface area contributed by atoms with Gasteiger partial charge >= 0.3 is 11.0 Å². The molecule has 0 saturated heterocycles. The van der Waals surface area contributed by atoms with Crippen molar-refractivity contribution in [3.63, 3.8) is 0 Å². The van der Waals surface area contributed by atoms with Gasteiger partial charge < -0.3 is 15.7 Å². The second-order valence-electron chi connectivity index (χ2n) is 7.91. The van der Waals surface area contributed by atoms with Crippen LogP contribution < -0.4 is 15.5 Å². The summed E-state index contributed by atoms with van der Waals surface area (Å²) in [4.78, 5) is 36.1. The number of nitrogens with one attached hydrogen (secondary N) is 2. The SMILES string of the molecule is O=C(NCC(F)(F)F)c1ccc(-n2nnc(C(=O)NCCn3c(O)csc3=O)c2CCCCCF)cc1. The molecule has 15 heteroatoms. The first-order chi connectivity index (χ1) is 17.6. The molecule has 2 heterocycles. The van der Waals surface area contributed by atoms with Crippen LogP contribution in [0.25, 0.3) is 5.69 Å². The van der Waals surface area contributed by atoms with Gasteiger partial charge in [0.05, 0.1) is 23.4 Å². The fraction of sp³-hybridized carbons (Fsp3) is 0.409. The number of alkyl halides is 4.